The van der Waals surface area contributed by atoms with E-state index in [-0.39, 0.29) is 17.6 Å². The Hall–Kier alpha value is -1.92. The Balaban J connectivity index is 2.23. The topological polar surface area (TPSA) is 46.6 Å². The Morgan fingerprint density at radius 2 is 1.74 bits per heavy atom. The van der Waals surface area contributed by atoms with Gasteiger partial charge in [0.05, 0.1) is 18.9 Å². The van der Waals surface area contributed by atoms with Crippen molar-refractivity contribution < 1.29 is 17.5 Å². The Labute approximate surface area is 136 Å². The third-order valence-corrected chi connectivity index (χ3v) is 5.73. The fourth-order valence-electron chi connectivity index (χ4n) is 2.34. The number of hydrogen-bond acceptors (Lipinski definition) is 3. The van der Waals surface area contributed by atoms with Crippen molar-refractivity contribution in [1.82, 2.24) is 4.31 Å². The Bertz CT molecular complexity index is 760. The fraction of sp³-hybridized carbons (Fsp3) is 0.294. The number of nitrogens with zero attached hydrogens (tertiary/aromatic N) is 1. The number of sulfonamides is 1. The number of rotatable bonds is 6. The highest BCUT2D eigenvalue weighted by Gasteiger charge is 2.26. The van der Waals surface area contributed by atoms with Crippen molar-refractivity contribution in [3.8, 4) is 5.75 Å². The van der Waals surface area contributed by atoms with E-state index in [1.165, 1.54) is 35.6 Å². The van der Waals surface area contributed by atoms with Gasteiger partial charge in [-0.1, -0.05) is 30.3 Å². The molecule has 0 N–H and O–H groups in total. The van der Waals surface area contributed by atoms with Gasteiger partial charge in [0.15, 0.2) is 0 Å². The van der Waals surface area contributed by atoms with Gasteiger partial charge in [-0.15, -0.1) is 0 Å². The zero-order chi connectivity index (χ0) is 17.0. The first-order valence-electron chi connectivity index (χ1n) is 7.18. The predicted octanol–water partition coefficient (Wildman–Crippen LogP) is 3.36. The van der Waals surface area contributed by atoms with Crippen molar-refractivity contribution in [2.24, 2.45) is 0 Å². The van der Waals surface area contributed by atoms with E-state index in [1.54, 1.807) is 20.1 Å². The number of methoxy groups -OCH3 is 1. The highest BCUT2D eigenvalue weighted by Crippen LogP contribution is 2.30. The van der Waals surface area contributed by atoms with Gasteiger partial charge in [0.1, 0.15) is 11.6 Å². The molecule has 0 fully saturated rings. The van der Waals surface area contributed by atoms with Crippen LogP contribution in [-0.2, 0) is 15.8 Å². The van der Waals surface area contributed by atoms with Crippen molar-refractivity contribution in [3.63, 3.8) is 0 Å². The summed E-state index contributed by atoms with van der Waals surface area (Å²) in [5.41, 5.74) is 1.34. The predicted molar refractivity (Wildman–Crippen MR) is 88.2 cm³/mol. The smallest absolute Gasteiger partial charge is 0.218 e. The molecule has 6 heteroatoms. The van der Waals surface area contributed by atoms with Crippen molar-refractivity contribution in [2.45, 2.75) is 18.7 Å². The van der Waals surface area contributed by atoms with Crippen LogP contribution in [0.4, 0.5) is 4.39 Å². The average Bonchev–Trinajstić information content (AvgIpc) is 2.55. The maximum absolute atomic E-state index is 12.9. The van der Waals surface area contributed by atoms with E-state index >= 15 is 0 Å². The van der Waals surface area contributed by atoms with E-state index < -0.39 is 10.0 Å². The zero-order valence-electron chi connectivity index (χ0n) is 13.4. The molecular weight excluding hydrogens is 317 g/mol. The molecule has 0 spiro atoms. The van der Waals surface area contributed by atoms with Crippen LogP contribution < -0.4 is 4.74 Å². The molecule has 0 aromatic heterocycles. The third-order valence-electron chi connectivity index (χ3n) is 3.84. The molecule has 0 aliphatic carbocycles. The zero-order valence-corrected chi connectivity index (χ0v) is 14.2. The van der Waals surface area contributed by atoms with Crippen molar-refractivity contribution in [2.75, 3.05) is 14.2 Å². The summed E-state index contributed by atoms with van der Waals surface area (Å²) < 4.78 is 44.7. The van der Waals surface area contributed by atoms with Crippen LogP contribution in [0.3, 0.4) is 0 Å². The summed E-state index contributed by atoms with van der Waals surface area (Å²) in [5.74, 6) is 0.0780. The van der Waals surface area contributed by atoms with Gasteiger partial charge in [-0.2, -0.15) is 4.31 Å². The van der Waals surface area contributed by atoms with Gasteiger partial charge < -0.3 is 4.74 Å². The van der Waals surface area contributed by atoms with Crippen LogP contribution in [0, 0.1) is 5.82 Å². The van der Waals surface area contributed by atoms with Gasteiger partial charge in [0.2, 0.25) is 10.0 Å². The molecule has 0 saturated heterocycles. The molecule has 0 saturated carbocycles. The van der Waals surface area contributed by atoms with Gasteiger partial charge in [-0.3, -0.25) is 0 Å². The number of halogens is 1. The minimum Gasteiger partial charge on any atom is -0.496 e. The van der Waals surface area contributed by atoms with E-state index in [2.05, 4.69) is 0 Å². The number of ether oxygens (including phenoxy) is 1. The lowest BCUT2D eigenvalue weighted by atomic mass is 10.1. The molecule has 0 aliphatic rings. The Morgan fingerprint density at radius 3 is 2.35 bits per heavy atom. The van der Waals surface area contributed by atoms with Gasteiger partial charge in [0.25, 0.3) is 0 Å². The Morgan fingerprint density at radius 1 is 1.13 bits per heavy atom. The lowest BCUT2D eigenvalue weighted by molar-refractivity contribution is 0.367. The molecule has 1 atom stereocenters. The summed E-state index contributed by atoms with van der Waals surface area (Å²) in [4.78, 5) is 0. The number of para-hydroxylation sites is 1. The highest BCUT2D eigenvalue weighted by molar-refractivity contribution is 7.88. The summed E-state index contributed by atoms with van der Waals surface area (Å²) in [5, 5.41) is 0. The summed E-state index contributed by atoms with van der Waals surface area (Å²) in [6.07, 6.45) is 0. The molecule has 0 aliphatic heterocycles. The van der Waals surface area contributed by atoms with Crippen LogP contribution >= 0.6 is 0 Å². The monoisotopic (exact) mass is 337 g/mol. The molecule has 124 valence electrons. The molecular formula is C17H20FNO3S. The fourth-order valence-corrected chi connectivity index (χ4v) is 3.75. The SMILES string of the molecule is COc1ccccc1[C@H](C)N(C)S(=O)(=O)Cc1ccc(F)cc1. The minimum atomic E-state index is -3.54. The van der Waals surface area contributed by atoms with E-state index in [0.717, 1.165) is 5.56 Å². The summed E-state index contributed by atoms with van der Waals surface area (Å²) >= 11 is 0. The second-order valence-corrected chi connectivity index (χ2v) is 7.35. The summed E-state index contributed by atoms with van der Waals surface area (Å²) in [6.45, 7) is 1.81. The second-order valence-electron chi connectivity index (χ2n) is 5.32. The van der Waals surface area contributed by atoms with E-state index in [1.807, 2.05) is 18.2 Å². The average molecular weight is 337 g/mol. The normalized spacial score (nSPS) is 13.1. The van der Waals surface area contributed by atoms with E-state index in [4.69, 9.17) is 4.74 Å². The van der Waals surface area contributed by atoms with Crippen LogP contribution in [-0.4, -0.2) is 26.9 Å². The third kappa shape index (κ3) is 4.09. The highest BCUT2D eigenvalue weighted by atomic mass is 32.2. The first-order valence-corrected chi connectivity index (χ1v) is 8.79. The Kier molecular flexibility index (Phi) is 5.38. The summed E-state index contributed by atoms with van der Waals surface area (Å²) in [7, 11) is -0.451. The van der Waals surface area contributed by atoms with E-state index in [0.29, 0.717) is 11.3 Å². The lowest BCUT2D eigenvalue weighted by Crippen LogP contribution is -2.31. The van der Waals surface area contributed by atoms with Gasteiger partial charge in [0, 0.05) is 12.6 Å². The molecule has 2 aromatic rings. The quantitative estimate of drug-likeness (QED) is 0.812. The van der Waals surface area contributed by atoms with Gasteiger partial charge >= 0.3 is 0 Å². The van der Waals surface area contributed by atoms with E-state index in [9.17, 15) is 12.8 Å². The first-order chi connectivity index (χ1) is 10.8. The van der Waals surface area contributed by atoms with Crippen LogP contribution in [0.25, 0.3) is 0 Å². The molecule has 0 unspecified atom stereocenters. The molecule has 2 aromatic carbocycles. The molecule has 0 bridgehead atoms. The minimum absolute atomic E-state index is 0.177. The molecule has 0 heterocycles. The summed E-state index contributed by atoms with van der Waals surface area (Å²) in [6, 6.07) is 12.4. The molecule has 0 radical (unpaired) electrons. The van der Waals surface area contributed by atoms with Gasteiger partial charge in [-0.25, -0.2) is 12.8 Å². The molecule has 23 heavy (non-hydrogen) atoms. The maximum atomic E-state index is 12.9. The number of hydrogen-bond donors (Lipinski definition) is 0. The van der Waals surface area contributed by atoms with Crippen LogP contribution in [0.1, 0.15) is 24.1 Å². The van der Waals surface area contributed by atoms with Crippen molar-refractivity contribution >= 4 is 10.0 Å². The van der Waals surface area contributed by atoms with Crippen molar-refractivity contribution in [1.29, 1.82) is 0 Å². The first kappa shape index (κ1) is 17.4. The standard InChI is InChI=1S/C17H20FNO3S/c1-13(16-6-4-5-7-17(16)22-3)19(2)23(20,21)12-14-8-10-15(18)11-9-14/h4-11,13H,12H2,1-3H3/t13-/m0/s1. The molecule has 4 nitrogen and oxygen atoms in total. The van der Waals surface area contributed by atoms with Crippen LogP contribution in [0.2, 0.25) is 0 Å². The largest absolute Gasteiger partial charge is 0.496 e. The lowest BCUT2D eigenvalue weighted by Gasteiger charge is -2.26. The second kappa shape index (κ2) is 7.10. The van der Waals surface area contributed by atoms with Gasteiger partial charge in [-0.05, 0) is 30.7 Å². The molecule has 0 amide bonds. The van der Waals surface area contributed by atoms with Crippen LogP contribution in [0.15, 0.2) is 48.5 Å². The number of benzene rings is 2. The molecule has 2 rings (SSSR count). The van der Waals surface area contributed by atoms with Crippen LogP contribution in [0.5, 0.6) is 5.75 Å². The van der Waals surface area contributed by atoms with Crippen molar-refractivity contribution in [3.05, 3.63) is 65.5 Å². The maximum Gasteiger partial charge on any atom is 0.218 e.